The Balaban J connectivity index is 1.72. The summed E-state index contributed by atoms with van der Waals surface area (Å²) in [5.74, 6) is -0.0759. The second-order valence-electron chi connectivity index (χ2n) is 5.83. The minimum Gasteiger partial charge on any atom is -0.349 e. The number of nitrogens with zero attached hydrogens (tertiary/aromatic N) is 2. The van der Waals surface area contributed by atoms with Crippen molar-refractivity contribution in [2.75, 3.05) is 4.90 Å². The summed E-state index contributed by atoms with van der Waals surface area (Å²) in [6.45, 7) is 0.506. The molecule has 0 atom stereocenters. The number of carbonyl (C=O) groups is 1. The molecule has 0 radical (unpaired) electrons. The van der Waals surface area contributed by atoms with Gasteiger partial charge in [-0.25, -0.2) is 0 Å². The van der Waals surface area contributed by atoms with Crippen LogP contribution < -0.4 is 4.90 Å². The molecule has 25 heavy (non-hydrogen) atoms. The molecule has 122 valence electrons. The van der Waals surface area contributed by atoms with Gasteiger partial charge in [-0.15, -0.1) is 0 Å². The van der Waals surface area contributed by atoms with E-state index in [0.717, 1.165) is 22.3 Å². The molecule has 0 saturated carbocycles. The third-order valence-electron chi connectivity index (χ3n) is 4.12. The molecule has 0 aliphatic rings. The van der Waals surface area contributed by atoms with Crippen LogP contribution in [0.5, 0.6) is 0 Å². The highest BCUT2D eigenvalue weighted by molar-refractivity contribution is 6.07. The van der Waals surface area contributed by atoms with Crippen LogP contribution in [0.2, 0.25) is 0 Å². The van der Waals surface area contributed by atoms with E-state index in [1.807, 2.05) is 72.8 Å². The average molecular weight is 327 g/mol. The number of aromatic nitrogens is 2. The van der Waals surface area contributed by atoms with Gasteiger partial charge in [-0.3, -0.25) is 9.78 Å². The number of carbonyl (C=O) groups excluding carboxylic acids is 1. The van der Waals surface area contributed by atoms with Crippen LogP contribution in [0.1, 0.15) is 16.1 Å². The maximum Gasteiger partial charge on any atom is 0.275 e. The Morgan fingerprint density at radius 3 is 2.36 bits per heavy atom. The zero-order chi connectivity index (χ0) is 17.1. The Kier molecular flexibility index (Phi) is 4.01. The fraction of sp³-hybridized carbons (Fsp3) is 0.0476. The molecule has 4 rings (SSSR count). The molecule has 2 aromatic heterocycles. The van der Waals surface area contributed by atoms with Crippen molar-refractivity contribution >= 4 is 22.6 Å². The number of anilines is 1. The number of H-pyrrole nitrogens is 1. The molecule has 4 aromatic rings. The largest absolute Gasteiger partial charge is 0.349 e. The van der Waals surface area contributed by atoms with Crippen molar-refractivity contribution < 1.29 is 4.79 Å². The summed E-state index contributed by atoms with van der Waals surface area (Å²) in [5.41, 5.74) is 4.13. The lowest BCUT2D eigenvalue weighted by Gasteiger charge is -2.22. The molecule has 1 amide bonds. The number of rotatable bonds is 4. The van der Waals surface area contributed by atoms with E-state index in [1.54, 1.807) is 17.2 Å². The van der Waals surface area contributed by atoms with E-state index in [-0.39, 0.29) is 5.91 Å². The molecule has 2 heterocycles. The maximum atomic E-state index is 13.2. The smallest absolute Gasteiger partial charge is 0.275 e. The topological polar surface area (TPSA) is 49.0 Å². The van der Waals surface area contributed by atoms with Crippen LogP contribution >= 0.6 is 0 Å². The van der Waals surface area contributed by atoms with E-state index in [2.05, 4.69) is 9.97 Å². The number of para-hydroxylation sites is 1. The molecule has 2 aromatic carbocycles. The van der Waals surface area contributed by atoms with Crippen molar-refractivity contribution in [3.8, 4) is 0 Å². The standard InChI is InChI=1S/C21H17N3O/c25-21(20-14-19-18(23-20)12-7-13-22-19)24(17-10-5-2-6-11-17)15-16-8-3-1-4-9-16/h1-14,23H,15H2. The van der Waals surface area contributed by atoms with Gasteiger partial charge in [0, 0.05) is 11.9 Å². The number of amides is 1. The zero-order valence-corrected chi connectivity index (χ0v) is 13.6. The maximum absolute atomic E-state index is 13.2. The minimum absolute atomic E-state index is 0.0759. The van der Waals surface area contributed by atoms with Crippen LogP contribution in [0.4, 0.5) is 5.69 Å². The summed E-state index contributed by atoms with van der Waals surface area (Å²) < 4.78 is 0. The fourth-order valence-electron chi connectivity index (χ4n) is 2.87. The quantitative estimate of drug-likeness (QED) is 0.603. The summed E-state index contributed by atoms with van der Waals surface area (Å²) in [6, 6.07) is 25.3. The molecule has 0 spiro atoms. The number of fused-ring (bicyclic) bond motifs is 1. The Labute approximate surface area is 145 Å². The summed E-state index contributed by atoms with van der Waals surface area (Å²) in [7, 11) is 0. The van der Waals surface area contributed by atoms with Gasteiger partial charge < -0.3 is 9.88 Å². The predicted molar refractivity (Wildman–Crippen MR) is 99.5 cm³/mol. The van der Waals surface area contributed by atoms with E-state index in [0.29, 0.717) is 12.2 Å². The number of benzene rings is 2. The van der Waals surface area contributed by atoms with Gasteiger partial charge in [0.1, 0.15) is 5.69 Å². The third kappa shape index (κ3) is 3.15. The number of pyridine rings is 1. The number of hydrogen-bond acceptors (Lipinski definition) is 2. The third-order valence-corrected chi connectivity index (χ3v) is 4.12. The van der Waals surface area contributed by atoms with Crippen molar-refractivity contribution in [3.63, 3.8) is 0 Å². The molecule has 0 bridgehead atoms. The molecule has 0 unspecified atom stereocenters. The van der Waals surface area contributed by atoms with E-state index in [9.17, 15) is 4.79 Å². The van der Waals surface area contributed by atoms with Crippen molar-refractivity contribution in [2.45, 2.75) is 6.54 Å². The summed E-state index contributed by atoms with van der Waals surface area (Å²) in [4.78, 5) is 22.4. The van der Waals surface area contributed by atoms with Gasteiger partial charge in [0.05, 0.1) is 17.6 Å². The molecule has 0 aliphatic heterocycles. The van der Waals surface area contributed by atoms with Gasteiger partial charge in [-0.1, -0.05) is 48.5 Å². The van der Waals surface area contributed by atoms with Gasteiger partial charge in [-0.05, 0) is 35.9 Å². The van der Waals surface area contributed by atoms with Crippen molar-refractivity contribution in [2.24, 2.45) is 0 Å². The highest BCUT2D eigenvalue weighted by Gasteiger charge is 2.20. The summed E-state index contributed by atoms with van der Waals surface area (Å²) in [6.07, 6.45) is 1.73. The van der Waals surface area contributed by atoms with E-state index < -0.39 is 0 Å². The molecule has 1 N–H and O–H groups in total. The fourth-order valence-corrected chi connectivity index (χ4v) is 2.87. The molecular weight excluding hydrogens is 310 g/mol. The second-order valence-corrected chi connectivity index (χ2v) is 5.83. The van der Waals surface area contributed by atoms with Gasteiger partial charge >= 0.3 is 0 Å². The van der Waals surface area contributed by atoms with E-state index >= 15 is 0 Å². The van der Waals surface area contributed by atoms with Gasteiger partial charge in [0.25, 0.3) is 5.91 Å². The Bertz CT molecular complexity index is 960. The van der Waals surface area contributed by atoms with E-state index in [4.69, 9.17) is 0 Å². The van der Waals surface area contributed by atoms with Crippen LogP contribution in [-0.2, 0) is 6.54 Å². The zero-order valence-electron chi connectivity index (χ0n) is 13.6. The monoisotopic (exact) mass is 327 g/mol. The Morgan fingerprint density at radius 2 is 1.64 bits per heavy atom. The van der Waals surface area contributed by atoms with Gasteiger partial charge in [-0.2, -0.15) is 0 Å². The summed E-state index contributed by atoms with van der Waals surface area (Å²) in [5, 5.41) is 0. The normalized spacial score (nSPS) is 10.7. The van der Waals surface area contributed by atoms with E-state index in [1.165, 1.54) is 0 Å². The molecule has 4 heteroatoms. The van der Waals surface area contributed by atoms with Crippen LogP contribution in [0.15, 0.2) is 85.1 Å². The van der Waals surface area contributed by atoms with Crippen molar-refractivity contribution in [1.82, 2.24) is 9.97 Å². The lowest BCUT2D eigenvalue weighted by molar-refractivity contribution is 0.0981. The first-order valence-corrected chi connectivity index (χ1v) is 8.16. The SMILES string of the molecule is O=C(c1cc2ncccc2[nH]1)N(Cc1ccccc1)c1ccccc1. The number of nitrogens with one attached hydrogen (secondary N) is 1. The van der Waals surface area contributed by atoms with Crippen LogP contribution in [0.25, 0.3) is 11.0 Å². The molecule has 0 aliphatic carbocycles. The minimum atomic E-state index is -0.0759. The first kappa shape index (κ1) is 15.1. The molecule has 4 nitrogen and oxygen atoms in total. The Morgan fingerprint density at radius 1 is 0.920 bits per heavy atom. The summed E-state index contributed by atoms with van der Waals surface area (Å²) >= 11 is 0. The lowest BCUT2D eigenvalue weighted by atomic mass is 10.2. The van der Waals surface area contributed by atoms with Gasteiger partial charge in [0.2, 0.25) is 0 Å². The van der Waals surface area contributed by atoms with Crippen LogP contribution in [-0.4, -0.2) is 15.9 Å². The van der Waals surface area contributed by atoms with Crippen LogP contribution in [0.3, 0.4) is 0 Å². The Hall–Kier alpha value is -3.40. The number of aromatic amines is 1. The second kappa shape index (κ2) is 6.61. The first-order chi connectivity index (χ1) is 12.3. The highest BCUT2D eigenvalue weighted by atomic mass is 16.2. The first-order valence-electron chi connectivity index (χ1n) is 8.16. The molecular formula is C21H17N3O. The molecule has 0 saturated heterocycles. The van der Waals surface area contributed by atoms with Crippen molar-refractivity contribution in [3.05, 3.63) is 96.3 Å². The number of hydrogen-bond donors (Lipinski definition) is 1. The van der Waals surface area contributed by atoms with Gasteiger partial charge in [0.15, 0.2) is 0 Å². The average Bonchev–Trinajstić information content (AvgIpc) is 3.11. The van der Waals surface area contributed by atoms with Crippen LogP contribution in [0, 0.1) is 0 Å². The molecule has 0 fully saturated rings. The highest BCUT2D eigenvalue weighted by Crippen LogP contribution is 2.21. The predicted octanol–water partition coefficient (Wildman–Crippen LogP) is 4.41. The lowest BCUT2D eigenvalue weighted by Crippen LogP contribution is -2.30. The van der Waals surface area contributed by atoms with Crippen molar-refractivity contribution in [1.29, 1.82) is 0 Å².